The third-order valence-corrected chi connectivity index (χ3v) is 4.67. The summed E-state index contributed by atoms with van der Waals surface area (Å²) in [5.74, 6) is 0. The molecule has 1 aromatic rings. The molecule has 1 aromatic carbocycles. The van der Waals surface area contributed by atoms with Gasteiger partial charge in [-0.3, -0.25) is 4.90 Å². The van der Waals surface area contributed by atoms with Crippen LogP contribution in [0.5, 0.6) is 0 Å². The number of aliphatic hydroxyl groups excluding tert-OH is 1. The molecule has 4 nitrogen and oxygen atoms in total. The highest BCUT2D eigenvalue weighted by atomic mass is 79.9. The molecule has 0 aromatic heterocycles. The van der Waals surface area contributed by atoms with Crippen LogP contribution in [0.15, 0.2) is 22.7 Å². The molecule has 5 heteroatoms. The highest BCUT2D eigenvalue weighted by Crippen LogP contribution is 2.25. The molecule has 2 N–H and O–H groups in total. The zero-order valence-corrected chi connectivity index (χ0v) is 14.4. The molecule has 1 heterocycles. The molecular weight excluding hydrogens is 330 g/mol. The molecular formula is C16H26BrN3O. The summed E-state index contributed by atoms with van der Waals surface area (Å²) in [6.45, 7) is 9.31. The largest absolute Gasteiger partial charge is 0.395 e. The minimum Gasteiger partial charge on any atom is -0.395 e. The first kappa shape index (κ1) is 16.7. The molecule has 0 spiro atoms. The van der Waals surface area contributed by atoms with E-state index in [1.807, 2.05) is 0 Å². The van der Waals surface area contributed by atoms with Gasteiger partial charge in [-0.1, -0.05) is 28.9 Å². The molecule has 1 aliphatic rings. The van der Waals surface area contributed by atoms with Crippen LogP contribution in [0, 0.1) is 0 Å². The van der Waals surface area contributed by atoms with Crippen LogP contribution in [-0.2, 0) is 6.54 Å². The number of rotatable bonds is 7. The summed E-state index contributed by atoms with van der Waals surface area (Å²) in [6.07, 6.45) is 1.16. The maximum Gasteiger partial charge on any atom is 0.0558 e. The van der Waals surface area contributed by atoms with Gasteiger partial charge in [0.15, 0.2) is 0 Å². The number of nitrogens with one attached hydrogen (secondary N) is 1. The summed E-state index contributed by atoms with van der Waals surface area (Å²) in [5, 5.41) is 12.4. The van der Waals surface area contributed by atoms with E-state index in [9.17, 15) is 0 Å². The van der Waals surface area contributed by atoms with Gasteiger partial charge in [0.2, 0.25) is 0 Å². The van der Waals surface area contributed by atoms with Gasteiger partial charge < -0.3 is 15.3 Å². The van der Waals surface area contributed by atoms with Gasteiger partial charge in [0.25, 0.3) is 0 Å². The van der Waals surface area contributed by atoms with Crippen molar-refractivity contribution in [2.45, 2.75) is 19.9 Å². The van der Waals surface area contributed by atoms with Gasteiger partial charge in [0, 0.05) is 49.4 Å². The maximum absolute atomic E-state index is 8.99. The Morgan fingerprint density at radius 2 is 2.00 bits per heavy atom. The van der Waals surface area contributed by atoms with Crippen LogP contribution in [0.3, 0.4) is 0 Å². The number of aliphatic hydroxyl groups is 1. The average Bonchev–Trinajstić information content (AvgIpc) is 2.50. The highest BCUT2D eigenvalue weighted by molar-refractivity contribution is 9.10. The van der Waals surface area contributed by atoms with E-state index in [1.54, 1.807) is 0 Å². The van der Waals surface area contributed by atoms with Crippen molar-refractivity contribution < 1.29 is 5.11 Å². The first-order valence-corrected chi connectivity index (χ1v) is 8.61. The lowest BCUT2D eigenvalue weighted by Gasteiger charge is -2.36. The van der Waals surface area contributed by atoms with Crippen LogP contribution < -0.4 is 10.2 Å². The number of hydrogen-bond acceptors (Lipinski definition) is 4. The molecule has 1 saturated heterocycles. The van der Waals surface area contributed by atoms with Crippen molar-refractivity contribution in [3.05, 3.63) is 28.2 Å². The average molecular weight is 356 g/mol. The van der Waals surface area contributed by atoms with Crippen molar-refractivity contribution in [2.24, 2.45) is 0 Å². The first-order valence-electron chi connectivity index (χ1n) is 7.82. The Morgan fingerprint density at radius 1 is 1.24 bits per heavy atom. The molecule has 0 amide bonds. The molecule has 21 heavy (non-hydrogen) atoms. The second kappa shape index (κ2) is 8.73. The van der Waals surface area contributed by atoms with Gasteiger partial charge in [-0.05, 0) is 30.7 Å². The van der Waals surface area contributed by atoms with Crippen LogP contribution in [0.1, 0.15) is 18.9 Å². The van der Waals surface area contributed by atoms with Crippen molar-refractivity contribution >= 4 is 21.6 Å². The minimum atomic E-state index is 0.255. The van der Waals surface area contributed by atoms with Crippen molar-refractivity contribution in [1.82, 2.24) is 10.2 Å². The van der Waals surface area contributed by atoms with Crippen molar-refractivity contribution in [3.8, 4) is 0 Å². The summed E-state index contributed by atoms with van der Waals surface area (Å²) in [6, 6.07) is 6.66. The Bertz CT molecular complexity index is 434. The van der Waals surface area contributed by atoms with E-state index in [2.05, 4.69) is 56.2 Å². The lowest BCUT2D eigenvalue weighted by Crippen LogP contribution is -2.47. The predicted octanol–water partition coefficient (Wildman–Crippen LogP) is 2.06. The highest BCUT2D eigenvalue weighted by Gasteiger charge is 2.17. The summed E-state index contributed by atoms with van der Waals surface area (Å²) in [4.78, 5) is 4.73. The van der Waals surface area contributed by atoms with Gasteiger partial charge in [0.05, 0.1) is 6.61 Å². The normalized spacial score (nSPS) is 16.4. The molecule has 1 fully saturated rings. The van der Waals surface area contributed by atoms with Crippen LogP contribution in [0.25, 0.3) is 0 Å². The first-order chi connectivity index (χ1) is 10.2. The van der Waals surface area contributed by atoms with E-state index in [4.69, 9.17) is 5.11 Å². The predicted molar refractivity (Wildman–Crippen MR) is 91.9 cm³/mol. The smallest absolute Gasteiger partial charge is 0.0558 e. The van der Waals surface area contributed by atoms with Crippen molar-refractivity contribution in [2.75, 3.05) is 50.8 Å². The zero-order chi connectivity index (χ0) is 15.1. The van der Waals surface area contributed by atoms with E-state index < -0.39 is 0 Å². The molecule has 0 bridgehead atoms. The Labute approximate surface area is 136 Å². The Hall–Kier alpha value is -0.620. The number of halogens is 1. The Kier molecular flexibility index (Phi) is 6.96. The number of piperazine rings is 1. The number of hydrogen-bond donors (Lipinski definition) is 2. The van der Waals surface area contributed by atoms with Gasteiger partial charge in [0.1, 0.15) is 0 Å². The van der Waals surface area contributed by atoms with E-state index in [0.717, 1.165) is 52.2 Å². The summed E-state index contributed by atoms with van der Waals surface area (Å²) in [5.41, 5.74) is 2.59. The Balaban J connectivity index is 1.91. The fourth-order valence-electron chi connectivity index (χ4n) is 2.65. The molecule has 0 radical (unpaired) electrons. The SMILES string of the molecule is CCCNCc1ccc(N2CCN(CCO)CC2)cc1Br. The Morgan fingerprint density at radius 3 is 2.62 bits per heavy atom. The third kappa shape index (κ3) is 4.95. The molecule has 0 saturated carbocycles. The molecule has 0 unspecified atom stereocenters. The van der Waals surface area contributed by atoms with Gasteiger partial charge in [-0.25, -0.2) is 0 Å². The number of anilines is 1. The van der Waals surface area contributed by atoms with Gasteiger partial charge >= 0.3 is 0 Å². The van der Waals surface area contributed by atoms with Crippen molar-refractivity contribution in [1.29, 1.82) is 0 Å². The second-order valence-electron chi connectivity index (χ2n) is 5.50. The fourth-order valence-corrected chi connectivity index (χ4v) is 3.15. The standard InChI is InChI=1S/C16H26BrN3O/c1-2-5-18-13-14-3-4-15(12-16(14)17)20-8-6-19(7-9-20)10-11-21/h3-4,12,18,21H,2,5-11,13H2,1H3. The van der Waals surface area contributed by atoms with E-state index in [-0.39, 0.29) is 6.61 Å². The number of benzene rings is 1. The van der Waals surface area contributed by atoms with Crippen molar-refractivity contribution in [3.63, 3.8) is 0 Å². The quantitative estimate of drug-likeness (QED) is 0.734. The number of nitrogens with zero attached hydrogens (tertiary/aromatic N) is 2. The van der Waals surface area contributed by atoms with E-state index in [1.165, 1.54) is 15.7 Å². The number of β-amino-alcohol motifs (C(OH)–C–C–N with tert-alkyl or cyclic N) is 1. The summed E-state index contributed by atoms with van der Waals surface area (Å²) >= 11 is 3.69. The van der Waals surface area contributed by atoms with Crippen LogP contribution in [0.4, 0.5) is 5.69 Å². The molecule has 2 rings (SSSR count). The second-order valence-corrected chi connectivity index (χ2v) is 6.36. The molecule has 118 valence electrons. The fraction of sp³-hybridized carbons (Fsp3) is 0.625. The zero-order valence-electron chi connectivity index (χ0n) is 12.8. The molecule has 0 aliphatic carbocycles. The van der Waals surface area contributed by atoms with E-state index >= 15 is 0 Å². The van der Waals surface area contributed by atoms with Crippen LogP contribution >= 0.6 is 15.9 Å². The third-order valence-electron chi connectivity index (χ3n) is 3.93. The summed E-state index contributed by atoms with van der Waals surface area (Å²) in [7, 11) is 0. The maximum atomic E-state index is 8.99. The lowest BCUT2D eigenvalue weighted by molar-refractivity contribution is 0.189. The molecule has 1 aliphatic heterocycles. The lowest BCUT2D eigenvalue weighted by atomic mass is 10.1. The van der Waals surface area contributed by atoms with Crippen LogP contribution in [-0.4, -0.2) is 55.9 Å². The molecule has 0 atom stereocenters. The monoisotopic (exact) mass is 355 g/mol. The topological polar surface area (TPSA) is 38.7 Å². The van der Waals surface area contributed by atoms with Gasteiger partial charge in [-0.15, -0.1) is 0 Å². The van der Waals surface area contributed by atoms with Crippen LogP contribution in [0.2, 0.25) is 0 Å². The van der Waals surface area contributed by atoms with Gasteiger partial charge in [-0.2, -0.15) is 0 Å². The minimum absolute atomic E-state index is 0.255. The van der Waals surface area contributed by atoms with E-state index in [0.29, 0.717) is 0 Å². The summed E-state index contributed by atoms with van der Waals surface area (Å²) < 4.78 is 1.18.